The predicted molar refractivity (Wildman–Crippen MR) is 59.2 cm³/mol. The van der Waals surface area contributed by atoms with E-state index in [1.165, 1.54) is 0 Å². The Morgan fingerprint density at radius 1 is 1.19 bits per heavy atom. The lowest BCUT2D eigenvalue weighted by Gasteiger charge is -2.37. The molecule has 0 heterocycles. The first kappa shape index (κ1) is 13.8. The van der Waals surface area contributed by atoms with Gasteiger partial charge >= 0.3 is 6.18 Å². The molecule has 3 atom stereocenters. The van der Waals surface area contributed by atoms with Gasteiger partial charge in [-0.1, -0.05) is 20.3 Å². The molecule has 1 aliphatic rings. The Balaban J connectivity index is 2.62. The highest BCUT2D eigenvalue weighted by atomic mass is 19.4. The van der Waals surface area contributed by atoms with E-state index in [1.807, 2.05) is 7.05 Å². The van der Waals surface area contributed by atoms with Crippen LogP contribution in [0.2, 0.25) is 0 Å². The van der Waals surface area contributed by atoms with Gasteiger partial charge in [0.25, 0.3) is 0 Å². The topological polar surface area (TPSA) is 12.0 Å². The Morgan fingerprint density at radius 3 is 2.25 bits per heavy atom. The summed E-state index contributed by atoms with van der Waals surface area (Å²) < 4.78 is 38.0. The van der Waals surface area contributed by atoms with Crippen LogP contribution in [0, 0.1) is 17.8 Å². The molecular formula is C12H22F3N. The van der Waals surface area contributed by atoms with Crippen LogP contribution in [0.15, 0.2) is 0 Å². The van der Waals surface area contributed by atoms with E-state index in [0.717, 1.165) is 6.42 Å². The maximum atomic E-state index is 12.7. The molecule has 4 heteroatoms. The Morgan fingerprint density at radius 2 is 1.81 bits per heavy atom. The largest absolute Gasteiger partial charge is 0.391 e. The van der Waals surface area contributed by atoms with E-state index in [2.05, 4.69) is 19.2 Å². The van der Waals surface area contributed by atoms with Gasteiger partial charge in [0.2, 0.25) is 0 Å². The third-order valence-corrected chi connectivity index (χ3v) is 3.74. The molecule has 0 saturated heterocycles. The van der Waals surface area contributed by atoms with Crippen LogP contribution in [0.1, 0.15) is 39.5 Å². The van der Waals surface area contributed by atoms with Crippen LogP contribution in [0.25, 0.3) is 0 Å². The highest BCUT2D eigenvalue weighted by molar-refractivity contribution is 4.85. The molecule has 0 aromatic heterocycles. The van der Waals surface area contributed by atoms with Gasteiger partial charge in [0.05, 0.1) is 5.92 Å². The second kappa shape index (κ2) is 5.39. The molecule has 1 rings (SSSR count). The smallest absolute Gasteiger partial charge is 0.316 e. The molecule has 96 valence electrons. The average molecular weight is 237 g/mol. The van der Waals surface area contributed by atoms with Crippen molar-refractivity contribution in [3.8, 4) is 0 Å². The minimum absolute atomic E-state index is 0.172. The number of halogens is 3. The molecule has 1 N–H and O–H groups in total. The first-order valence-electron chi connectivity index (χ1n) is 6.10. The summed E-state index contributed by atoms with van der Waals surface area (Å²) in [4.78, 5) is 0. The molecule has 16 heavy (non-hydrogen) atoms. The zero-order chi connectivity index (χ0) is 12.3. The van der Waals surface area contributed by atoms with Crippen molar-refractivity contribution in [1.29, 1.82) is 0 Å². The van der Waals surface area contributed by atoms with Crippen LogP contribution < -0.4 is 5.32 Å². The summed E-state index contributed by atoms with van der Waals surface area (Å²) in [6.45, 7) is 4.14. The third kappa shape index (κ3) is 3.37. The summed E-state index contributed by atoms with van der Waals surface area (Å²) in [5.41, 5.74) is 0. The first-order chi connectivity index (χ1) is 7.36. The van der Waals surface area contributed by atoms with Gasteiger partial charge in [0.1, 0.15) is 0 Å². The van der Waals surface area contributed by atoms with Gasteiger partial charge in [-0.25, -0.2) is 0 Å². The highest BCUT2D eigenvalue weighted by Crippen LogP contribution is 2.41. The zero-order valence-electron chi connectivity index (χ0n) is 10.3. The molecule has 0 aromatic rings. The SMILES string of the molecule is CNC(C(C)C)C1CCCC(C(F)(F)F)C1. The van der Waals surface area contributed by atoms with Gasteiger partial charge in [-0.3, -0.25) is 0 Å². The van der Waals surface area contributed by atoms with Crippen LogP contribution in [-0.4, -0.2) is 19.3 Å². The van der Waals surface area contributed by atoms with Crippen molar-refractivity contribution in [1.82, 2.24) is 5.32 Å². The van der Waals surface area contributed by atoms with Crippen molar-refractivity contribution in [3.63, 3.8) is 0 Å². The van der Waals surface area contributed by atoms with Gasteiger partial charge in [-0.15, -0.1) is 0 Å². The summed E-state index contributed by atoms with van der Waals surface area (Å²) in [5, 5.41) is 3.18. The van der Waals surface area contributed by atoms with Crippen molar-refractivity contribution in [2.24, 2.45) is 17.8 Å². The normalized spacial score (nSPS) is 29.4. The molecule has 0 radical (unpaired) electrons. The third-order valence-electron chi connectivity index (χ3n) is 3.74. The van der Waals surface area contributed by atoms with Gasteiger partial charge in [0.15, 0.2) is 0 Å². The van der Waals surface area contributed by atoms with E-state index in [4.69, 9.17) is 0 Å². The van der Waals surface area contributed by atoms with E-state index in [9.17, 15) is 13.2 Å². The molecule has 0 aromatic carbocycles. The van der Waals surface area contributed by atoms with Crippen LogP contribution in [0.4, 0.5) is 13.2 Å². The molecule has 0 amide bonds. The Kier molecular flexibility index (Phi) is 4.65. The second-order valence-electron chi connectivity index (χ2n) is 5.22. The average Bonchev–Trinajstić information content (AvgIpc) is 2.17. The lowest BCUT2D eigenvalue weighted by molar-refractivity contribution is -0.186. The van der Waals surface area contributed by atoms with Crippen LogP contribution in [0.5, 0.6) is 0 Å². The molecule has 3 unspecified atom stereocenters. The predicted octanol–water partition coefficient (Wildman–Crippen LogP) is 3.60. The Labute approximate surface area is 95.8 Å². The lowest BCUT2D eigenvalue weighted by atomic mass is 9.75. The van der Waals surface area contributed by atoms with Gasteiger partial charge in [-0.2, -0.15) is 13.2 Å². The fraction of sp³-hybridized carbons (Fsp3) is 1.00. The molecule has 1 saturated carbocycles. The number of alkyl halides is 3. The fourth-order valence-corrected chi connectivity index (χ4v) is 2.96. The van der Waals surface area contributed by atoms with Crippen molar-refractivity contribution in [2.75, 3.05) is 7.05 Å². The molecular weight excluding hydrogens is 215 g/mol. The van der Waals surface area contributed by atoms with Crippen molar-refractivity contribution in [2.45, 2.75) is 51.7 Å². The van der Waals surface area contributed by atoms with Gasteiger partial charge in [0, 0.05) is 6.04 Å². The number of rotatable bonds is 3. The van der Waals surface area contributed by atoms with Gasteiger partial charge < -0.3 is 5.32 Å². The Bertz CT molecular complexity index is 213. The van der Waals surface area contributed by atoms with Crippen molar-refractivity contribution in [3.05, 3.63) is 0 Å². The zero-order valence-corrected chi connectivity index (χ0v) is 10.3. The van der Waals surface area contributed by atoms with Crippen molar-refractivity contribution < 1.29 is 13.2 Å². The molecule has 1 aliphatic carbocycles. The minimum atomic E-state index is -4.01. The van der Waals surface area contributed by atoms with Gasteiger partial charge in [-0.05, 0) is 38.1 Å². The minimum Gasteiger partial charge on any atom is -0.316 e. The quantitative estimate of drug-likeness (QED) is 0.790. The molecule has 1 nitrogen and oxygen atoms in total. The van der Waals surface area contributed by atoms with Crippen molar-refractivity contribution >= 4 is 0 Å². The standard InChI is InChI=1S/C12H22F3N/c1-8(2)11(16-3)9-5-4-6-10(7-9)12(13,14)15/h8-11,16H,4-7H2,1-3H3. The number of nitrogens with one attached hydrogen (secondary N) is 1. The van der Waals surface area contributed by atoms with E-state index in [0.29, 0.717) is 25.2 Å². The lowest BCUT2D eigenvalue weighted by Crippen LogP contribution is -2.42. The summed E-state index contributed by atoms with van der Waals surface area (Å²) in [6, 6.07) is 0.213. The van der Waals surface area contributed by atoms with E-state index in [1.54, 1.807) is 0 Å². The van der Waals surface area contributed by atoms with Crippen LogP contribution >= 0.6 is 0 Å². The molecule has 0 aliphatic heterocycles. The number of hydrogen-bond donors (Lipinski definition) is 1. The van der Waals surface area contributed by atoms with E-state index < -0.39 is 12.1 Å². The highest BCUT2D eigenvalue weighted by Gasteiger charge is 2.43. The van der Waals surface area contributed by atoms with E-state index >= 15 is 0 Å². The second-order valence-corrected chi connectivity index (χ2v) is 5.22. The maximum Gasteiger partial charge on any atom is 0.391 e. The fourth-order valence-electron chi connectivity index (χ4n) is 2.96. The Hall–Kier alpha value is -0.250. The molecule has 0 bridgehead atoms. The maximum absolute atomic E-state index is 12.7. The van der Waals surface area contributed by atoms with E-state index in [-0.39, 0.29) is 12.0 Å². The molecule has 1 fully saturated rings. The summed E-state index contributed by atoms with van der Waals surface area (Å²) in [5.74, 6) is -0.520. The summed E-state index contributed by atoms with van der Waals surface area (Å²) in [6.07, 6.45) is -1.76. The van der Waals surface area contributed by atoms with Crippen LogP contribution in [0.3, 0.4) is 0 Å². The number of hydrogen-bond acceptors (Lipinski definition) is 1. The van der Waals surface area contributed by atoms with Crippen LogP contribution in [-0.2, 0) is 0 Å². The summed E-state index contributed by atoms with van der Waals surface area (Å²) >= 11 is 0. The first-order valence-corrected chi connectivity index (χ1v) is 6.10. The summed E-state index contributed by atoms with van der Waals surface area (Å²) in [7, 11) is 1.85. The molecule has 0 spiro atoms. The monoisotopic (exact) mass is 237 g/mol.